The van der Waals surface area contributed by atoms with Crippen molar-refractivity contribution in [3.05, 3.63) is 35.9 Å². The zero-order valence-corrected chi connectivity index (χ0v) is 44.1. The number of nitrogens with two attached hydrogens (primary N) is 5. The Morgan fingerprint density at radius 1 is 0.671 bits per heavy atom. The quantitative estimate of drug-likeness (QED) is 0.0577. The average molecular weight is 1080 g/mol. The van der Waals surface area contributed by atoms with Crippen molar-refractivity contribution in [1.29, 1.82) is 0 Å². The lowest BCUT2D eigenvalue weighted by atomic mass is 9.99. The first-order valence-electron chi connectivity index (χ1n) is 26.1. The highest BCUT2D eigenvalue weighted by Crippen LogP contribution is 2.24. The van der Waals surface area contributed by atoms with Crippen LogP contribution in [0.2, 0.25) is 0 Å². The van der Waals surface area contributed by atoms with E-state index in [1.807, 2.05) is 13.8 Å². The van der Waals surface area contributed by atoms with E-state index >= 15 is 0 Å². The maximum absolute atomic E-state index is 14.4. The fraction of sp³-hybridized carbons (Fsp3) is 0.694. The standard InChI is InChI=1S/C49H85N15O12/c1-25(2)22-36-46(73)58-31(12-17-50)41(68)57-34(15-20-53)45(72)64-38(26(3)65)48(75)55-21-16-35(44(71)56-32(13-18-51)43(70)62-37(47(74)61-36)23-28-8-6-5-7-9-28)59-42(69)33(14-19-52)60-49(76)39(27(4)66)63-40(67)29-10-11-30(54)24-29/h5-9,25-27,29-39,47,61,65-66,74H,10-24,50-54H2,1-4H3,(H,55,75)(H,56,71)(H,57,68)(H,58,73)(H,59,69)(H,60,76)(H,62,70)(H,63,67)(H,64,72)/t26?,27?,29-,30+,31-,32-,33-,34-,35-,36-,37+,38-,39-,47?/m0/s1. The Labute approximate surface area is 443 Å². The van der Waals surface area contributed by atoms with Gasteiger partial charge in [-0.3, -0.25) is 48.5 Å². The minimum atomic E-state index is -1.65. The van der Waals surface area contributed by atoms with Crippen molar-refractivity contribution in [3.63, 3.8) is 0 Å². The van der Waals surface area contributed by atoms with Crippen LogP contribution in [-0.2, 0) is 49.6 Å². The highest BCUT2D eigenvalue weighted by molar-refractivity contribution is 5.97. The topological polar surface area (TPSA) is 465 Å². The molecule has 3 unspecified atom stereocenters. The summed E-state index contributed by atoms with van der Waals surface area (Å²) in [5.74, 6) is -8.32. The van der Waals surface area contributed by atoms with Crippen LogP contribution < -0.4 is 81.8 Å². The van der Waals surface area contributed by atoms with Crippen molar-refractivity contribution in [3.8, 4) is 0 Å². The normalized spacial score (nSPS) is 27.5. The summed E-state index contributed by atoms with van der Waals surface area (Å²) in [5, 5.41) is 59.2. The zero-order chi connectivity index (χ0) is 56.6. The summed E-state index contributed by atoms with van der Waals surface area (Å²) in [6.45, 7) is 5.19. The fourth-order valence-electron chi connectivity index (χ4n) is 8.84. The molecular weight excluding hydrogens is 991 g/mol. The van der Waals surface area contributed by atoms with Crippen LogP contribution in [0.25, 0.3) is 0 Å². The molecule has 2 fully saturated rings. The Kier molecular flexibility index (Phi) is 27.6. The van der Waals surface area contributed by atoms with Crippen LogP contribution in [0.3, 0.4) is 0 Å². The van der Waals surface area contributed by atoms with E-state index in [1.54, 1.807) is 30.3 Å². The summed E-state index contributed by atoms with van der Waals surface area (Å²) in [5.41, 5.74) is 30.1. The van der Waals surface area contributed by atoms with E-state index in [0.717, 1.165) is 0 Å². The van der Waals surface area contributed by atoms with Crippen molar-refractivity contribution in [2.45, 2.75) is 171 Å². The predicted molar refractivity (Wildman–Crippen MR) is 279 cm³/mol. The van der Waals surface area contributed by atoms with E-state index in [2.05, 4.69) is 53.2 Å². The number of aliphatic hydroxyl groups excluding tert-OH is 3. The second-order valence-corrected chi connectivity index (χ2v) is 20.0. The van der Waals surface area contributed by atoms with Gasteiger partial charge in [0, 0.05) is 18.5 Å². The Balaban J connectivity index is 2.10. The second kappa shape index (κ2) is 32.6. The molecule has 1 aliphatic carbocycles. The lowest BCUT2D eigenvalue weighted by Crippen LogP contribution is -2.62. The van der Waals surface area contributed by atoms with Gasteiger partial charge in [0.25, 0.3) is 0 Å². The van der Waals surface area contributed by atoms with Crippen LogP contribution in [0.5, 0.6) is 0 Å². The molecule has 27 nitrogen and oxygen atoms in total. The molecule has 0 radical (unpaired) electrons. The van der Waals surface area contributed by atoms with Gasteiger partial charge in [-0.2, -0.15) is 0 Å². The smallest absolute Gasteiger partial charge is 0.245 e. The number of benzene rings is 1. The molecule has 2 aliphatic rings. The fourth-order valence-corrected chi connectivity index (χ4v) is 8.84. The van der Waals surface area contributed by atoms with Gasteiger partial charge in [0.1, 0.15) is 48.5 Å². The third-order valence-corrected chi connectivity index (χ3v) is 13.1. The first kappa shape index (κ1) is 64.4. The number of carbonyl (C=O) groups is 9. The van der Waals surface area contributed by atoms with Crippen molar-refractivity contribution < 1.29 is 58.5 Å². The first-order valence-corrected chi connectivity index (χ1v) is 26.1. The minimum Gasteiger partial charge on any atom is -0.391 e. The molecule has 428 valence electrons. The molecule has 1 aromatic rings. The third kappa shape index (κ3) is 20.9. The predicted octanol–water partition coefficient (Wildman–Crippen LogP) is -6.77. The minimum absolute atomic E-state index is 0.00270. The highest BCUT2D eigenvalue weighted by atomic mass is 16.3. The van der Waals surface area contributed by atoms with Crippen molar-refractivity contribution in [1.82, 2.24) is 53.2 Å². The third-order valence-electron chi connectivity index (χ3n) is 13.1. The molecule has 0 aromatic heterocycles. The van der Waals surface area contributed by atoms with Crippen LogP contribution in [0.15, 0.2) is 30.3 Å². The molecule has 9 amide bonds. The molecule has 1 heterocycles. The van der Waals surface area contributed by atoms with E-state index in [-0.39, 0.29) is 76.7 Å². The summed E-state index contributed by atoms with van der Waals surface area (Å²) in [6.07, 6.45) is -4.07. The number of carbonyl (C=O) groups excluding carboxylic acids is 9. The van der Waals surface area contributed by atoms with Crippen LogP contribution in [-0.4, -0.2) is 180 Å². The summed E-state index contributed by atoms with van der Waals surface area (Å²) in [4.78, 5) is 125. The molecule has 76 heavy (non-hydrogen) atoms. The molecule has 1 aliphatic heterocycles. The van der Waals surface area contributed by atoms with E-state index in [0.29, 0.717) is 24.8 Å². The van der Waals surface area contributed by atoms with Gasteiger partial charge in [-0.1, -0.05) is 44.2 Å². The van der Waals surface area contributed by atoms with E-state index in [4.69, 9.17) is 28.7 Å². The summed E-state index contributed by atoms with van der Waals surface area (Å²) in [6, 6.07) is -4.17. The van der Waals surface area contributed by atoms with Crippen LogP contribution in [0.1, 0.15) is 91.0 Å². The summed E-state index contributed by atoms with van der Waals surface area (Å²) in [7, 11) is 0. The number of rotatable bonds is 20. The monoisotopic (exact) mass is 1080 g/mol. The van der Waals surface area contributed by atoms with Crippen LogP contribution in [0, 0.1) is 11.8 Å². The maximum atomic E-state index is 14.4. The van der Waals surface area contributed by atoms with E-state index in [1.165, 1.54) is 13.8 Å². The molecule has 0 bridgehead atoms. The maximum Gasteiger partial charge on any atom is 0.245 e. The molecule has 1 saturated heterocycles. The number of hydrogen-bond donors (Lipinski definition) is 18. The number of aliphatic hydroxyl groups is 3. The number of hydrogen-bond acceptors (Lipinski definition) is 18. The Morgan fingerprint density at radius 2 is 1.22 bits per heavy atom. The highest BCUT2D eigenvalue weighted by Gasteiger charge is 2.38. The number of nitrogens with one attached hydrogen (secondary N) is 10. The lowest BCUT2D eigenvalue weighted by Gasteiger charge is -2.32. The Hall–Kier alpha value is -5.91. The molecular formula is C49H85N15O12. The Morgan fingerprint density at radius 3 is 1.74 bits per heavy atom. The van der Waals surface area contributed by atoms with Crippen molar-refractivity contribution >= 4 is 53.2 Å². The molecule has 1 aromatic carbocycles. The van der Waals surface area contributed by atoms with Gasteiger partial charge in [0.15, 0.2) is 0 Å². The van der Waals surface area contributed by atoms with Gasteiger partial charge in [0.2, 0.25) is 53.2 Å². The van der Waals surface area contributed by atoms with Crippen LogP contribution in [0.4, 0.5) is 0 Å². The van der Waals surface area contributed by atoms with Gasteiger partial charge in [0.05, 0.1) is 24.3 Å². The Bertz CT molecular complexity index is 2070. The molecule has 1 saturated carbocycles. The van der Waals surface area contributed by atoms with Crippen molar-refractivity contribution in [2.75, 3.05) is 32.7 Å². The number of amides is 9. The van der Waals surface area contributed by atoms with E-state index < -0.39 is 145 Å². The van der Waals surface area contributed by atoms with Gasteiger partial charge < -0.3 is 91.8 Å². The molecule has 27 heteroatoms. The average Bonchev–Trinajstić information content (AvgIpc) is 3.81. The van der Waals surface area contributed by atoms with Gasteiger partial charge in [-0.15, -0.1) is 0 Å². The summed E-state index contributed by atoms with van der Waals surface area (Å²) < 4.78 is 0. The van der Waals surface area contributed by atoms with Gasteiger partial charge in [-0.25, -0.2) is 0 Å². The first-order chi connectivity index (χ1) is 36.0. The lowest BCUT2D eigenvalue weighted by molar-refractivity contribution is -0.136. The molecule has 0 spiro atoms. The molecule has 14 atom stereocenters. The van der Waals surface area contributed by atoms with Gasteiger partial charge in [-0.05, 0) is 116 Å². The molecule has 23 N–H and O–H groups in total. The summed E-state index contributed by atoms with van der Waals surface area (Å²) >= 11 is 0. The van der Waals surface area contributed by atoms with Gasteiger partial charge >= 0.3 is 0 Å². The van der Waals surface area contributed by atoms with E-state index in [9.17, 15) is 58.5 Å². The second-order valence-electron chi connectivity index (χ2n) is 20.0. The molecule has 3 rings (SSSR count). The van der Waals surface area contributed by atoms with Crippen molar-refractivity contribution in [2.24, 2.45) is 40.5 Å². The SMILES string of the molecule is CC(C)C[C@@H]1NC(O)[C@@H](Cc2ccccc2)NC(=O)[C@H](CCN)NC(=O)[C@@H](NC(=O)[C@H](CCN)NC(=O)[C@@H](NC(=O)[C@H]2CC[C@@H](N)C2)C(C)O)CCNC(=O)[C@H](C(C)O)NC(=O)[C@H](CCN)NC(=O)[C@H](CCN)NC1=O. The van der Waals surface area contributed by atoms with Crippen LogP contribution >= 0.6 is 0 Å². The zero-order valence-electron chi connectivity index (χ0n) is 44.1. The largest absolute Gasteiger partial charge is 0.391 e.